The molecular formula is C32H36O8. The monoisotopic (exact) mass is 548 g/mol. The van der Waals surface area contributed by atoms with Crippen molar-refractivity contribution < 1.29 is 38.0 Å². The highest BCUT2D eigenvalue weighted by Gasteiger charge is 2.64. The maximum Gasteiger partial charge on any atom is 0.326 e. The zero-order valence-electron chi connectivity index (χ0n) is 23.5. The second kappa shape index (κ2) is 12.9. The minimum absolute atomic E-state index is 0.0372. The first kappa shape index (κ1) is 29.0. The largest absolute Gasteiger partial charge is 0.496 e. The highest BCUT2D eigenvalue weighted by atomic mass is 16.6. The van der Waals surface area contributed by atoms with Gasteiger partial charge in [-0.1, -0.05) is 60.7 Å². The van der Waals surface area contributed by atoms with Crippen molar-refractivity contribution >= 4 is 11.9 Å². The lowest BCUT2D eigenvalue weighted by molar-refractivity contribution is -0.177. The van der Waals surface area contributed by atoms with E-state index in [0.717, 1.165) is 11.1 Å². The summed E-state index contributed by atoms with van der Waals surface area (Å²) in [6, 6.07) is 22.8. The third-order valence-electron chi connectivity index (χ3n) is 7.28. The van der Waals surface area contributed by atoms with Crippen LogP contribution in [0.25, 0.3) is 0 Å². The van der Waals surface area contributed by atoms with Gasteiger partial charge in [-0.25, -0.2) is 0 Å². The van der Waals surface area contributed by atoms with E-state index in [1.165, 1.54) is 14.2 Å². The molecule has 0 aromatic heterocycles. The Bertz CT molecular complexity index is 1210. The topological polar surface area (TPSA) is 89.5 Å². The number of rotatable bonds is 11. The first-order chi connectivity index (χ1) is 19.4. The van der Waals surface area contributed by atoms with E-state index in [-0.39, 0.29) is 19.6 Å². The molecule has 8 heteroatoms. The summed E-state index contributed by atoms with van der Waals surface area (Å²) < 4.78 is 34.8. The van der Waals surface area contributed by atoms with Gasteiger partial charge < -0.3 is 28.4 Å². The molecule has 3 aromatic rings. The minimum atomic E-state index is -1.77. The van der Waals surface area contributed by atoms with Crippen LogP contribution in [0.1, 0.15) is 49.0 Å². The summed E-state index contributed by atoms with van der Waals surface area (Å²) in [6.45, 7) is 3.60. The molecule has 0 saturated carbocycles. The summed E-state index contributed by atoms with van der Waals surface area (Å²) in [4.78, 5) is 27.9. The molecule has 0 aliphatic carbocycles. The van der Waals surface area contributed by atoms with E-state index in [9.17, 15) is 9.59 Å². The molecule has 1 heterocycles. The number of benzene rings is 3. The van der Waals surface area contributed by atoms with E-state index in [1.54, 1.807) is 33.1 Å². The lowest BCUT2D eigenvalue weighted by atomic mass is 9.70. The number of methoxy groups -OCH3 is 3. The van der Waals surface area contributed by atoms with Crippen molar-refractivity contribution in [3.63, 3.8) is 0 Å². The van der Waals surface area contributed by atoms with Gasteiger partial charge in [0.15, 0.2) is 5.41 Å². The van der Waals surface area contributed by atoms with Crippen LogP contribution >= 0.6 is 0 Å². The molecule has 8 nitrogen and oxygen atoms in total. The van der Waals surface area contributed by atoms with Crippen LogP contribution in [0, 0.1) is 5.41 Å². The van der Waals surface area contributed by atoms with E-state index >= 15 is 0 Å². The van der Waals surface area contributed by atoms with E-state index in [2.05, 4.69) is 0 Å². The zero-order valence-corrected chi connectivity index (χ0v) is 23.5. The fraction of sp³-hybridized carbons (Fsp3) is 0.375. The molecule has 0 amide bonds. The van der Waals surface area contributed by atoms with Gasteiger partial charge in [0.1, 0.15) is 17.2 Å². The summed E-state index contributed by atoms with van der Waals surface area (Å²) in [5, 5.41) is 0. The molecular weight excluding hydrogens is 512 g/mol. The van der Waals surface area contributed by atoms with Gasteiger partial charge in [-0.15, -0.1) is 0 Å². The minimum Gasteiger partial charge on any atom is -0.496 e. The summed E-state index contributed by atoms with van der Waals surface area (Å²) in [5.74, 6) is -0.468. The molecule has 4 rings (SSSR count). The molecule has 1 saturated heterocycles. The van der Waals surface area contributed by atoms with E-state index < -0.39 is 35.5 Å². The van der Waals surface area contributed by atoms with Crippen molar-refractivity contribution in [2.24, 2.45) is 5.41 Å². The van der Waals surface area contributed by atoms with Crippen LogP contribution < -0.4 is 14.2 Å². The normalized spacial score (nSPS) is 17.8. The van der Waals surface area contributed by atoms with Gasteiger partial charge in [-0.3, -0.25) is 9.59 Å². The fourth-order valence-electron chi connectivity index (χ4n) is 5.50. The second-order valence-electron chi connectivity index (χ2n) is 9.41. The number of carbonyl (C=O) groups excluding carboxylic acids is 2. The number of esters is 2. The lowest BCUT2D eigenvalue weighted by Gasteiger charge is -2.35. The van der Waals surface area contributed by atoms with Crippen molar-refractivity contribution in [1.29, 1.82) is 0 Å². The summed E-state index contributed by atoms with van der Waals surface area (Å²) >= 11 is 0. The van der Waals surface area contributed by atoms with E-state index in [4.69, 9.17) is 28.4 Å². The second-order valence-corrected chi connectivity index (χ2v) is 9.41. The molecule has 3 aromatic carbocycles. The predicted octanol–water partition coefficient (Wildman–Crippen LogP) is 5.49. The zero-order chi connectivity index (χ0) is 28.7. The van der Waals surface area contributed by atoms with Crippen LogP contribution in [0.4, 0.5) is 0 Å². The smallest absolute Gasteiger partial charge is 0.326 e. The molecule has 0 spiro atoms. The Balaban J connectivity index is 1.98. The van der Waals surface area contributed by atoms with Gasteiger partial charge >= 0.3 is 11.9 Å². The van der Waals surface area contributed by atoms with Gasteiger partial charge in [0, 0.05) is 24.5 Å². The van der Waals surface area contributed by atoms with Crippen molar-refractivity contribution in [1.82, 2.24) is 0 Å². The first-order valence-electron chi connectivity index (χ1n) is 13.3. The Labute approximate surface area is 235 Å². The Morgan fingerprint density at radius 2 is 1.27 bits per heavy atom. The van der Waals surface area contributed by atoms with Gasteiger partial charge in [0.25, 0.3) is 0 Å². The van der Waals surface area contributed by atoms with Gasteiger partial charge in [-0.05, 0) is 25.0 Å². The highest BCUT2D eigenvalue weighted by molar-refractivity contribution is 6.01. The molecule has 0 radical (unpaired) electrons. The number of carbonyl (C=O) groups is 2. The van der Waals surface area contributed by atoms with Crippen molar-refractivity contribution in [3.05, 3.63) is 89.5 Å². The molecule has 2 atom stereocenters. The van der Waals surface area contributed by atoms with E-state index in [1.807, 2.05) is 60.7 Å². The van der Waals surface area contributed by atoms with Crippen LogP contribution in [0.2, 0.25) is 0 Å². The number of hydrogen-bond donors (Lipinski definition) is 0. The maximum absolute atomic E-state index is 14.0. The molecule has 1 fully saturated rings. The van der Waals surface area contributed by atoms with Gasteiger partial charge in [-0.2, -0.15) is 0 Å². The molecule has 0 bridgehead atoms. The van der Waals surface area contributed by atoms with Crippen molar-refractivity contribution in [3.8, 4) is 17.2 Å². The van der Waals surface area contributed by atoms with Crippen molar-refractivity contribution in [2.45, 2.75) is 38.4 Å². The van der Waals surface area contributed by atoms with E-state index in [0.29, 0.717) is 22.8 Å². The van der Waals surface area contributed by atoms with Crippen LogP contribution in [0.15, 0.2) is 72.8 Å². The molecule has 1 aliphatic rings. The predicted molar refractivity (Wildman–Crippen MR) is 149 cm³/mol. The SMILES string of the molecule is CCOC(=O)C1(C(=O)OCC)C[C@H](c2c(OC)cc(OC)cc2OC)O[C@@H]1C(c1ccccc1)c1ccccc1. The molecule has 40 heavy (non-hydrogen) atoms. The molecule has 0 N–H and O–H groups in total. The number of hydrogen-bond acceptors (Lipinski definition) is 8. The van der Waals surface area contributed by atoms with Crippen molar-refractivity contribution in [2.75, 3.05) is 34.5 Å². The van der Waals surface area contributed by atoms with Crippen LogP contribution in [-0.2, 0) is 23.8 Å². The number of ether oxygens (including phenoxy) is 6. The van der Waals surface area contributed by atoms with Crippen LogP contribution in [-0.4, -0.2) is 52.6 Å². The Morgan fingerprint density at radius 3 is 1.68 bits per heavy atom. The third-order valence-corrected chi connectivity index (χ3v) is 7.28. The first-order valence-corrected chi connectivity index (χ1v) is 13.3. The summed E-state index contributed by atoms with van der Waals surface area (Å²) in [7, 11) is 4.61. The lowest BCUT2D eigenvalue weighted by Crippen LogP contribution is -2.50. The fourth-order valence-corrected chi connectivity index (χ4v) is 5.50. The Morgan fingerprint density at radius 1 is 0.800 bits per heavy atom. The third kappa shape index (κ3) is 5.36. The van der Waals surface area contributed by atoms with Gasteiger partial charge in [0.05, 0.1) is 52.3 Å². The molecule has 212 valence electrons. The van der Waals surface area contributed by atoms with Crippen LogP contribution in [0.3, 0.4) is 0 Å². The quantitative estimate of drug-likeness (QED) is 0.230. The standard InChI is InChI=1S/C32H36O8/c1-6-38-30(33)32(31(34)39-7-2)20-26(28-24(36-4)18-23(35-3)19-25(28)37-5)40-29(32)27(21-14-10-8-11-15-21)22-16-12-9-13-17-22/h8-19,26-27,29H,6-7,20H2,1-5H3/t26-,29-/m1/s1. The Kier molecular flexibility index (Phi) is 9.32. The van der Waals surface area contributed by atoms with Crippen LogP contribution in [0.5, 0.6) is 17.2 Å². The molecule has 1 aliphatic heterocycles. The summed E-state index contributed by atoms with van der Waals surface area (Å²) in [5.41, 5.74) is 0.548. The Hall–Kier alpha value is -4.04. The average Bonchev–Trinajstić information content (AvgIpc) is 3.38. The highest BCUT2D eigenvalue weighted by Crippen LogP contribution is 2.56. The summed E-state index contributed by atoms with van der Waals surface area (Å²) in [6.07, 6.45) is -1.79. The average molecular weight is 549 g/mol. The van der Waals surface area contributed by atoms with Gasteiger partial charge in [0.2, 0.25) is 0 Å². The molecule has 0 unspecified atom stereocenters. The maximum atomic E-state index is 14.0.